The fourth-order valence-corrected chi connectivity index (χ4v) is 5.12. The normalized spacial score (nSPS) is 16.1. The number of rotatable bonds is 5. The van der Waals surface area contributed by atoms with E-state index < -0.39 is 0 Å². The molecule has 2 aliphatic rings. The Morgan fingerprint density at radius 3 is 2.81 bits per heavy atom. The van der Waals surface area contributed by atoms with Crippen molar-refractivity contribution in [3.8, 4) is 17.2 Å². The standard InChI is InChI=1S/C29H25ClN2O4/c1-3-32-15-19(22-13-20(34-2)8-10-25(22)32)12-27-28(33)21-9-11-26-23(29(21)36-27)16-31(17-35-26)14-18-6-4-5-7-24(18)30/h4-13,15H,3,14,16-17H2,1-2H3/b27-12-. The van der Waals surface area contributed by atoms with Gasteiger partial charge >= 0.3 is 0 Å². The monoisotopic (exact) mass is 500 g/mol. The average Bonchev–Trinajstić information content (AvgIpc) is 3.42. The molecule has 0 bridgehead atoms. The van der Waals surface area contributed by atoms with Crippen molar-refractivity contribution in [2.45, 2.75) is 26.6 Å². The van der Waals surface area contributed by atoms with Crippen LogP contribution in [0.25, 0.3) is 17.0 Å². The maximum absolute atomic E-state index is 13.3. The maximum Gasteiger partial charge on any atom is 0.231 e. The lowest BCUT2D eigenvalue weighted by atomic mass is 10.0. The molecule has 182 valence electrons. The highest BCUT2D eigenvalue weighted by Gasteiger charge is 2.34. The molecule has 36 heavy (non-hydrogen) atoms. The Balaban J connectivity index is 1.34. The number of ketones is 1. The smallest absolute Gasteiger partial charge is 0.231 e. The van der Waals surface area contributed by atoms with E-state index >= 15 is 0 Å². The van der Waals surface area contributed by atoms with Crippen molar-refractivity contribution >= 4 is 34.4 Å². The molecule has 0 radical (unpaired) electrons. The summed E-state index contributed by atoms with van der Waals surface area (Å²) in [6, 6.07) is 17.4. The van der Waals surface area contributed by atoms with E-state index in [0.717, 1.165) is 50.7 Å². The maximum atomic E-state index is 13.3. The number of carbonyl (C=O) groups is 1. The minimum atomic E-state index is -0.128. The van der Waals surface area contributed by atoms with Crippen LogP contribution in [0.15, 0.2) is 66.6 Å². The highest BCUT2D eigenvalue weighted by atomic mass is 35.5. The molecule has 0 fully saturated rings. The molecule has 0 saturated carbocycles. The van der Waals surface area contributed by atoms with Crippen molar-refractivity contribution in [2.24, 2.45) is 0 Å². The third-order valence-electron chi connectivity index (χ3n) is 6.78. The van der Waals surface area contributed by atoms with Gasteiger partial charge in [0.25, 0.3) is 0 Å². The molecule has 0 N–H and O–H groups in total. The number of benzene rings is 3. The second kappa shape index (κ2) is 9.04. The molecule has 3 heterocycles. The third-order valence-corrected chi connectivity index (χ3v) is 7.15. The number of halogens is 1. The van der Waals surface area contributed by atoms with Crippen LogP contribution < -0.4 is 14.2 Å². The number of Topliss-reactive ketones (excluding diaryl/α,β-unsaturated/α-hetero) is 1. The fourth-order valence-electron chi connectivity index (χ4n) is 4.92. The van der Waals surface area contributed by atoms with Gasteiger partial charge in [0.15, 0.2) is 5.76 Å². The number of carbonyl (C=O) groups excluding carboxylic acids is 1. The quantitative estimate of drug-likeness (QED) is 0.301. The summed E-state index contributed by atoms with van der Waals surface area (Å²) in [5.41, 5.74) is 4.45. The molecule has 2 aliphatic heterocycles. The molecule has 7 heteroatoms. The number of aromatic nitrogens is 1. The fraction of sp³-hybridized carbons (Fsp3) is 0.207. The zero-order chi connectivity index (χ0) is 24.8. The van der Waals surface area contributed by atoms with Crippen LogP contribution in [0.5, 0.6) is 17.2 Å². The van der Waals surface area contributed by atoms with Crippen LogP contribution in [-0.2, 0) is 19.6 Å². The van der Waals surface area contributed by atoms with Crippen LogP contribution in [0, 0.1) is 0 Å². The molecule has 0 atom stereocenters. The van der Waals surface area contributed by atoms with Crippen LogP contribution in [0.3, 0.4) is 0 Å². The average molecular weight is 501 g/mol. The van der Waals surface area contributed by atoms with Gasteiger partial charge in [-0.25, -0.2) is 0 Å². The van der Waals surface area contributed by atoms with Crippen molar-refractivity contribution < 1.29 is 19.0 Å². The molecule has 0 unspecified atom stereocenters. The van der Waals surface area contributed by atoms with Crippen molar-refractivity contribution in [1.82, 2.24) is 9.47 Å². The van der Waals surface area contributed by atoms with Crippen LogP contribution >= 0.6 is 11.6 Å². The lowest BCUT2D eigenvalue weighted by molar-refractivity contribution is 0.0873. The van der Waals surface area contributed by atoms with Gasteiger partial charge in [-0.15, -0.1) is 0 Å². The summed E-state index contributed by atoms with van der Waals surface area (Å²) in [6.07, 6.45) is 3.87. The Bertz CT molecular complexity index is 1540. The van der Waals surface area contributed by atoms with Gasteiger partial charge in [0.05, 0.1) is 18.2 Å². The first-order chi connectivity index (χ1) is 17.6. The summed E-state index contributed by atoms with van der Waals surface area (Å²) in [7, 11) is 1.65. The van der Waals surface area contributed by atoms with Gasteiger partial charge in [0, 0.05) is 47.3 Å². The van der Waals surface area contributed by atoms with Gasteiger partial charge < -0.3 is 18.8 Å². The van der Waals surface area contributed by atoms with Crippen molar-refractivity contribution in [1.29, 1.82) is 0 Å². The number of methoxy groups -OCH3 is 1. The second-order valence-electron chi connectivity index (χ2n) is 8.96. The Labute approximate surface area is 214 Å². The minimum absolute atomic E-state index is 0.128. The van der Waals surface area contributed by atoms with Crippen LogP contribution in [0.1, 0.15) is 34.0 Å². The number of nitrogens with zero attached hydrogens (tertiary/aromatic N) is 2. The molecule has 4 aromatic rings. The molecule has 6 rings (SSSR count). The van der Waals surface area contributed by atoms with E-state index in [-0.39, 0.29) is 5.78 Å². The number of allylic oxidation sites excluding steroid dienone is 1. The molecule has 6 nitrogen and oxygen atoms in total. The third kappa shape index (κ3) is 3.83. The molecule has 0 spiro atoms. The Hall–Kier alpha value is -3.74. The van der Waals surface area contributed by atoms with Gasteiger partial charge in [-0.05, 0) is 55.0 Å². The first kappa shape index (κ1) is 22.7. The highest BCUT2D eigenvalue weighted by Crippen LogP contribution is 2.42. The van der Waals surface area contributed by atoms with Gasteiger partial charge in [-0.2, -0.15) is 0 Å². The number of ether oxygens (including phenoxy) is 3. The molecule has 0 aliphatic carbocycles. The Morgan fingerprint density at radius 2 is 2.00 bits per heavy atom. The SMILES string of the molecule is CCn1cc(/C=C2\Oc3c(ccc4c3CN(Cc3ccccc3Cl)CO4)C2=O)c2cc(OC)ccc21. The summed E-state index contributed by atoms with van der Waals surface area (Å²) >= 11 is 6.37. The summed E-state index contributed by atoms with van der Waals surface area (Å²) in [5, 5.41) is 1.73. The van der Waals surface area contributed by atoms with Gasteiger partial charge in [-0.1, -0.05) is 29.8 Å². The second-order valence-corrected chi connectivity index (χ2v) is 9.37. The van der Waals surface area contributed by atoms with Crippen LogP contribution in [-0.4, -0.2) is 29.1 Å². The first-order valence-electron chi connectivity index (χ1n) is 11.9. The van der Waals surface area contributed by atoms with Gasteiger partial charge in [-0.3, -0.25) is 9.69 Å². The van der Waals surface area contributed by atoms with Crippen LogP contribution in [0.2, 0.25) is 5.02 Å². The minimum Gasteiger partial charge on any atom is -0.497 e. The number of hydrogen-bond donors (Lipinski definition) is 0. The molecular formula is C29H25ClN2O4. The highest BCUT2D eigenvalue weighted by molar-refractivity contribution is 6.31. The Morgan fingerprint density at radius 1 is 1.14 bits per heavy atom. The van der Waals surface area contributed by atoms with E-state index in [1.807, 2.05) is 60.8 Å². The molecule has 0 amide bonds. The molecule has 3 aromatic carbocycles. The summed E-state index contributed by atoms with van der Waals surface area (Å²) in [4.78, 5) is 15.5. The van der Waals surface area contributed by atoms with E-state index in [1.165, 1.54) is 0 Å². The van der Waals surface area contributed by atoms with E-state index in [2.05, 4.69) is 16.4 Å². The molecular weight excluding hydrogens is 476 g/mol. The number of fused-ring (bicyclic) bond motifs is 4. The predicted molar refractivity (Wildman–Crippen MR) is 140 cm³/mol. The van der Waals surface area contributed by atoms with Gasteiger partial charge in [0.1, 0.15) is 24.0 Å². The van der Waals surface area contributed by atoms with E-state index in [1.54, 1.807) is 13.2 Å². The number of hydrogen-bond acceptors (Lipinski definition) is 5. The largest absolute Gasteiger partial charge is 0.497 e. The Kier molecular flexibility index (Phi) is 5.70. The summed E-state index contributed by atoms with van der Waals surface area (Å²) in [6.45, 7) is 4.57. The lowest BCUT2D eigenvalue weighted by Gasteiger charge is -2.30. The predicted octanol–water partition coefficient (Wildman–Crippen LogP) is 6.29. The molecule has 1 aromatic heterocycles. The van der Waals surface area contributed by atoms with Crippen molar-refractivity contribution in [3.63, 3.8) is 0 Å². The number of aryl methyl sites for hydroxylation is 1. The topological polar surface area (TPSA) is 52.9 Å². The molecule has 0 saturated heterocycles. The van der Waals surface area contributed by atoms with E-state index in [9.17, 15) is 4.79 Å². The van der Waals surface area contributed by atoms with Crippen LogP contribution in [0.4, 0.5) is 0 Å². The van der Waals surface area contributed by atoms with E-state index in [4.69, 9.17) is 25.8 Å². The zero-order valence-electron chi connectivity index (χ0n) is 20.1. The lowest BCUT2D eigenvalue weighted by Crippen LogP contribution is -2.31. The first-order valence-corrected chi connectivity index (χ1v) is 12.3. The zero-order valence-corrected chi connectivity index (χ0v) is 20.8. The van der Waals surface area contributed by atoms with Crippen molar-refractivity contribution in [3.05, 3.63) is 93.8 Å². The van der Waals surface area contributed by atoms with Crippen molar-refractivity contribution in [2.75, 3.05) is 13.8 Å². The summed E-state index contributed by atoms with van der Waals surface area (Å²) in [5.74, 6) is 2.26. The summed E-state index contributed by atoms with van der Waals surface area (Å²) < 4.78 is 19.8. The van der Waals surface area contributed by atoms with E-state index in [0.29, 0.717) is 36.9 Å². The van der Waals surface area contributed by atoms with Gasteiger partial charge in [0.2, 0.25) is 5.78 Å².